The van der Waals surface area contributed by atoms with Gasteiger partial charge in [-0.2, -0.15) is 0 Å². The summed E-state index contributed by atoms with van der Waals surface area (Å²) in [5, 5.41) is 15.1. The molecule has 1 aliphatic rings. The van der Waals surface area contributed by atoms with Crippen LogP contribution in [0.25, 0.3) is 0 Å². The molecule has 1 aromatic carbocycles. The second kappa shape index (κ2) is 14.3. The van der Waals surface area contributed by atoms with Crippen LogP contribution in [0.2, 0.25) is 0 Å². The van der Waals surface area contributed by atoms with Crippen LogP contribution in [0.15, 0.2) is 67.4 Å². The zero-order valence-corrected chi connectivity index (χ0v) is 26.1. The van der Waals surface area contributed by atoms with Crippen LogP contribution in [0.4, 0.5) is 0 Å². The van der Waals surface area contributed by atoms with Gasteiger partial charge in [0.2, 0.25) is 11.8 Å². The Morgan fingerprint density at radius 2 is 1.61 bits per heavy atom. The lowest BCUT2D eigenvalue weighted by molar-refractivity contribution is -0.130. The van der Waals surface area contributed by atoms with Gasteiger partial charge in [0.25, 0.3) is 0 Å². The standard InChI is InChI=1S/C32H41N5O6S/c1-32(2,3)44(42,43)29(23-12-8-5-9-13-23)31(41)37-26(25-19-34-20-35-25)30(40)36-24(18-21-10-6-4-7-11-21)28(39)27(38)22-14-16-33-17-15-22/h5,8-9,12-17,19-21,24,26,28-29,39H,4,6-7,10-11,18H2,1-3H3,(H,34,35)(H,36,40)(H,37,41). The van der Waals surface area contributed by atoms with E-state index in [4.69, 9.17) is 0 Å². The number of sulfone groups is 1. The van der Waals surface area contributed by atoms with E-state index in [2.05, 4.69) is 25.6 Å². The van der Waals surface area contributed by atoms with Gasteiger partial charge in [0.15, 0.2) is 20.9 Å². The van der Waals surface area contributed by atoms with E-state index in [0.29, 0.717) is 6.42 Å². The van der Waals surface area contributed by atoms with E-state index < -0.39 is 55.6 Å². The largest absolute Gasteiger partial charge is 0.383 e. The number of hydrogen-bond donors (Lipinski definition) is 4. The Bertz CT molecular complexity index is 1500. The van der Waals surface area contributed by atoms with E-state index in [0.717, 1.165) is 32.1 Å². The minimum atomic E-state index is -4.09. The predicted octanol–water partition coefficient (Wildman–Crippen LogP) is 3.62. The molecule has 4 N–H and O–H groups in total. The Labute approximate surface area is 258 Å². The van der Waals surface area contributed by atoms with Crippen molar-refractivity contribution >= 4 is 27.4 Å². The molecule has 1 fully saturated rings. The highest BCUT2D eigenvalue weighted by Gasteiger charge is 2.44. The second-order valence-electron chi connectivity index (χ2n) is 12.3. The van der Waals surface area contributed by atoms with Gasteiger partial charge in [-0.3, -0.25) is 19.4 Å². The number of aromatic amines is 1. The highest BCUT2D eigenvalue weighted by atomic mass is 32.2. The van der Waals surface area contributed by atoms with Gasteiger partial charge in [0, 0.05) is 18.0 Å². The number of aromatic nitrogens is 3. The number of aliphatic hydroxyl groups excluding tert-OH is 1. The van der Waals surface area contributed by atoms with Crippen molar-refractivity contribution < 1.29 is 27.9 Å². The number of imidazole rings is 1. The number of nitrogens with one attached hydrogen (secondary N) is 3. The van der Waals surface area contributed by atoms with Crippen molar-refractivity contribution in [2.75, 3.05) is 0 Å². The number of benzene rings is 1. The normalized spacial score (nSPS) is 17.2. The summed E-state index contributed by atoms with van der Waals surface area (Å²) in [6.45, 7) is 4.55. The van der Waals surface area contributed by atoms with E-state index >= 15 is 0 Å². The number of carbonyl (C=O) groups excluding carboxylic acids is 3. The van der Waals surface area contributed by atoms with E-state index in [1.165, 1.54) is 57.8 Å². The summed E-state index contributed by atoms with van der Waals surface area (Å²) in [4.78, 5) is 51.8. The molecule has 2 heterocycles. The fourth-order valence-electron chi connectivity index (χ4n) is 5.56. The zero-order valence-electron chi connectivity index (χ0n) is 25.3. The fraction of sp³-hybridized carbons (Fsp3) is 0.469. The molecule has 2 amide bonds. The summed E-state index contributed by atoms with van der Waals surface area (Å²) < 4.78 is 26.1. The van der Waals surface area contributed by atoms with Crippen molar-refractivity contribution in [2.24, 2.45) is 5.92 Å². The van der Waals surface area contributed by atoms with E-state index in [1.54, 1.807) is 30.3 Å². The Morgan fingerprint density at radius 1 is 0.955 bits per heavy atom. The molecule has 12 heteroatoms. The van der Waals surface area contributed by atoms with Gasteiger partial charge in [-0.05, 0) is 50.8 Å². The first-order chi connectivity index (χ1) is 20.9. The lowest BCUT2D eigenvalue weighted by atomic mass is 9.82. The molecular weight excluding hydrogens is 582 g/mol. The number of amides is 2. The molecule has 4 unspecified atom stereocenters. The molecule has 4 atom stereocenters. The molecule has 2 aromatic heterocycles. The molecule has 236 valence electrons. The number of pyridine rings is 1. The maximum Gasteiger partial charge on any atom is 0.249 e. The molecule has 11 nitrogen and oxygen atoms in total. The molecule has 1 aliphatic carbocycles. The number of aliphatic hydroxyl groups is 1. The van der Waals surface area contributed by atoms with Gasteiger partial charge in [0.05, 0.1) is 29.0 Å². The first-order valence-corrected chi connectivity index (χ1v) is 16.4. The van der Waals surface area contributed by atoms with Gasteiger partial charge in [-0.1, -0.05) is 62.4 Å². The Morgan fingerprint density at radius 3 is 2.20 bits per heavy atom. The van der Waals surface area contributed by atoms with Crippen LogP contribution < -0.4 is 10.6 Å². The van der Waals surface area contributed by atoms with Crippen LogP contribution in [0.1, 0.15) is 92.2 Å². The number of ketones is 1. The third-order valence-corrected chi connectivity index (χ3v) is 11.0. The van der Waals surface area contributed by atoms with E-state index in [-0.39, 0.29) is 22.7 Å². The van der Waals surface area contributed by atoms with Gasteiger partial charge >= 0.3 is 0 Å². The number of rotatable bonds is 12. The number of carbonyl (C=O) groups is 3. The Kier molecular flexibility index (Phi) is 10.7. The quantitative estimate of drug-likeness (QED) is 0.222. The molecule has 0 saturated heterocycles. The topological polar surface area (TPSA) is 171 Å². The lowest BCUT2D eigenvalue weighted by Crippen LogP contribution is -2.52. The van der Waals surface area contributed by atoms with Crippen LogP contribution >= 0.6 is 0 Å². The van der Waals surface area contributed by atoms with Gasteiger partial charge in [0.1, 0.15) is 12.1 Å². The number of nitrogens with zero attached hydrogens (tertiary/aromatic N) is 2. The van der Waals surface area contributed by atoms with E-state index in [1.807, 2.05) is 0 Å². The molecule has 0 bridgehead atoms. The van der Waals surface area contributed by atoms with Crippen molar-refractivity contribution in [2.45, 2.75) is 87.5 Å². The predicted molar refractivity (Wildman–Crippen MR) is 165 cm³/mol. The number of hydrogen-bond acceptors (Lipinski definition) is 8. The van der Waals surface area contributed by atoms with Crippen LogP contribution in [0.3, 0.4) is 0 Å². The molecular formula is C32H41N5O6S. The van der Waals surface area contributed by atoms with Crippen LogP contribution in [0, 0.1) is 5.92 Å². The highest BCUT2D eigenvalue weighted by molar-refractivity contribution is 7.93. The fourth-order valence-corrected chi connectivity index (χ4v) is 7.14. The minimum absolute atomic E-state index is 0.188. The van der Waals surface area contributed by atoms with Crippen molar-refractivity contribution in [1.29, 1.82) is 0 Å². The number of H-pyrrole nitrogens is 1. The summed E-state index contributed by atoms with van der Waals surface area (Å²) in [7, 11) is -4.09. The number of Topliss-reactive ketones (excluding diaryl/α,β-unsaturated/α-hetero) is 1. The Balaban J connectivity index is 1.64. The SMILES string of the molecule is CC(C)(C)S(=O)(=O)C(C(=O)NC(C(=O)NC(CC1CCCCC1)C(O)C(=O)c1ccncc1)c1cnc[nH]1)c1ccccc1. The second-order valence-corrected chi connectivity index (χ2v) is 15.1. The summed E-state index contributed by atoms with van der Waals surface area (Å²) in [5.74, 6) is -1.98. The van der Waals surface area contributed by atoms with Crippen molar-refractivity contribution in [3.63, 3.8) is 0 Å². The van der Waals surface area contributed by atoms with Crippen LogP contribution in [-0.2, 0) is 19.4 Å². The average Bonchev–Trinajstić information content (AvgIpc) is 3.54. The molecule has 0 radical (unpaired) electrons. The molecule has 1 saturated carbocycles. The van der Waals surface area contributed by atoms with Gasteiger partial charge in [-0.15, -0.1) is 0 Å². The van der Waals surface area contributed by atoms with Crippen molar-refractivity contribution in [3.8, 4) is 0 Å². The lowest BCUT2D eigenvalue weighted by Gasteiger charge is -2.31. The summed E-state index contributed by atoms with van der Waals surface area (Å²) in [6.07, 6.45) is 9.38. The summed E-state index contributed by atoms with van der Waals surface area (Å²) >= 11 is 0. The average molecular weight is 624 g/mol. The Hall–Kier alpha value is -3.90. The summed E-state index contributed by atoms with van der Waals surface area (Å²) in [5.41, 5.74) is 0.728. The third kappa shape index (κ3) is 7.78. The maximum absolute atomic E-state index is 13.9. The molecule has 3 aromatic rings. The van der Waals surface area contributed by atoms with Crippen LogP contribution in [-0.4, -0.2) is 63.0 Å². The van der Waals surface area contributed by atoms with Crippen molar-refractivity contribution in [3.05, 3.63) is 84.2 Å². The molecule has 0 spiro atoms. The van der Waals surface area contributed by atoms with Crippen molar-refractivity contribution in [1.82, 2.24) is 25.6 Å². The van der Waals surface area contributed by atoms with Crippen LogP contribution in [0.5, 0.6) is 0 Å². The first kappa shape index (κ1) is 33.0. The smallest absolute Gasteiger partial charge is 0.249 e. The van der Waals surface area contributed by atoms with E-state index in [9.17, 15) is 27.9 Å². The summed E-state index contributed by atoms with van der Waals surface area (Å²) in [6, 6.07) is 8.76. The highest BCUT2D eigenvalue weighted by Crippen LogP contribution is 2.33. The third-order valence-electron chi connectivity index (χ3n) is 8.14. The van der Waals surface area contributed by atoms with Gasteiger partial charge < -0.3 is 20.7 Å². The first-order valence-electron chi connectivity index (χ1n) is 14.9. The maximum atomic E-state index is 13.9. The molecule has 4 rings (SSSR count). The zero-order chi connectivity index (χ0) is 31.9. The molecule has 0 aliphatic heterocycles. The monoisotopic (exact) mass is 623 g/mol. The minimum Gasteiger partial charge on any atom is -0.383 e. The van der Waals surface area contributed by atoms with Gasteiger partial charge in [-0.25, -0.2) is 13.4 Å². The molecule has 44 heavy (non-hydrogen) atoms.